The molecular weight excluding hydrogens is 488 g/mol. The van der Waals surface area contributed by atoms with E-state index in [0.29, 0.717) is 41.3 Å². The number of amides is 1. The van der Waals surface area contributed by atoms with Crippen molar-refractivity contribution in [3.8, 4) is 11.3 Å². The molecule has 0 radical (unpaired) electrons. The second kappa shape index (κ2) is 9.28. The molecule has 10 heteroatoms. The molecule has 0 spiro atoms. The smallest absolute Gasteiger partial charge is 0.293 e. The van der Waals surface area contributed by atoms with E-state index in [0.717, 1.165) is 10.4 Å². The largest absolute Gasteiger partial charge is 0.392 e. The molecule has 192 valence electrons. The van der Waals surface area contributed by atoms with Crippen molar-refractivity contribution < 1.29 is 9.90 Å². The fourth-order valence-corrected chi connectivity index (χ4v) is 5.62. The Morgan fingerprint density at radius 2 is 1.97 bits per heavy atom. The topological polar surface area (TPSA) is 105 Å². The van der Waals surface area contributed by atoms with Crippen molar-refractivity contribution in [2.24, 2.45) is 7.05 Å². The first-order chi connectivity index (χ1) is 17.6. The molecule has 4 heterocycles. The van der Waals surface area contributed by atoms with Gasteiger partial charge < -0.3 is 19.9 Å². The molecule has 0 atom stereocenters. The van der Waals surface area contributed by atoms with Gasteiger partial charge in [-0.15, -0.1) is 11.3 Å². The van der Waals surface area contributed by atoms with Gasteiger partial charge in [0, 0.05) is 42.0 Å². The molecule has 4 aromatic rings. The number of hydrogen-bond donors (Lipinski definition) is 2. The fourth-order valence-electron chi connectivity index (χ4n) is 4.44. The Kier molecular flexibility index (Phi) is 6.25. The Labute approximate surface area is 219 Å². The van der Waals surface area contributed by atoms with Gasteiger partial charge in [0.15, 0.2) is 5.82 Å². The van der Waals surface area contributed by atoms with Gasteiger partial charge in [-0.25, -0.2) is 4.98 Å². The van der Waals surface area contributed by atoms with Gasteiger partial charge in [0.05, 0.1) is 41.3 Å². The third kappa shape index (κ3) is 4.47. The van der Waals surface area contributed by atoms with Crippen molar-refractivity contribution >= 4 is 34.4 Å². The number of nitrogens with one attached hydrogen (secondary N) is 1. The summed E-state index contributed by atoms with van der Waals surface area (Å²) in [4.78, 5) is 34.5. The molecule has 1 aliphatic heterocycles. The van der Waals surface area contributed by atoms with Crippen LogP contribution < -0.4 is 15.8 Å². The quantitative estimate of drug-likeness (QED) is 0.392. The number of carbonyl (C=O) groups is 1. The van der Waals surface area contributed by atoms with Crippen LogP contribution in [0.3, 0.4) is 0 Å². The Bertz CT molecular complexity index is 1560. The molecule has 3 aromatic heterocycles. The summed E-state index contributed by atoms with van der Waals surface area (Å²) in [6.45, 7) is 9.28. The minimum atomic E-state index is -0.288. The zero-order valence-electron chi connectivity index (χ0n) is 21.6. The molecule has 0 aliphatic carbocycles. The predicted molar refractivity (Wildman–Crippen MR) is 146 cm³/mol. The molecule has 9 nitrogen and oxygen atoms in total. The Balaban J connectivity index is 1.52. The molecule has 1 amide bonds. The standard InChI is InChI=1S/C27H30N6O3S/c1-6-32-13-17(11-28-32)29-24-26(36)31(5)14-20(30-24)18-8-7-9-21(19(18)15-34)33-12-16-10-22(27(2,3)4)37-23(16)25(33)35/h7-11,13-14,34H,6,12,15H2,1-5H3,(H,29,30). The number of aliphatic hydroxyl groups is 1. The van der Waals surface area contributed by atoms with E-state index in [9.17, 15) is 14.7 Å². The number of fused-ring (bicyclic) bond motifs is 1. The van der Waals surface area contributed by atoms with Gasteiger partial charge in [0.25, 0.3) is 11.5 Å². The number of thiophene rings is 1. The highest BCUT2D eigenvalue weighted by Crippen LogP contribution is 2.41. The van der Waals surface area contributed by atoms with Gasteiger partial charge in [-0.2, -0.15) is 5.10 Å². The first kappa shape index (κ1) is 24.9. The van der Waals surface area contributed by atoms with Crippen molar-refractivity contribution in [2.45, 2.75) is 52.8 Å². The lowest BCUT2D eigenvalue weighted by Gasteiger charge is -2.22. The van der Waals surface area contributed by atoms with Crippen LogP contribution in [0.25, 0.3) is 11.3 Å². The summed E-state index contributed by atoms with van der Waals surface area (Å²) in [6.07, 6.45) is 5.08. The van der Waals surface area contributed by atoms with Gasteiger partial charge in [0.1, 0.15) is 0 Å². The highest BCUT2D eigenvalue weighted by atomic mass is 32.1. The van der Waals surface area contributed by atoms with Crippen molar-refractivity contribution in [2.75, 3.05) is 10.2 Å². The normalized spacial score (nSPS) is 13.4. The van der Waals surface area contributed by atoms with Crippen molar-refractivity contribution in [1.29, 1.82) is 0 Å². The van der Waals surface area contributed by atoms with Crippen LogP contribution in [0.5, 0.6) is 0 Å². The lowest BCUT2D eigenvalue weighted by atomic mass is 9.94. The molecule has 2 N–H and O–H groups in total. The van der Waals surface area contributed by atoms with E-state index in [1.807, 2.05) is 25.1 Å². The minimum absolute atomic E-state index is 0.0216. The Morgan fingerprint density at radius 3 is 2.62 bits per heavy atom. The average Bonchev–Trinajstić information content (AvgIpc) is 3.57. The molecule has 0 bridgehead atoms. The third-order valence-electron chi connectivity index (χ3n) is 6.48. The highest BCUT2D eigenvalue weighted by molar-refractivity contribution is 7.14. The fraction of sp³-hybridized carbons (Fsp3) is 0.333. The molecule has 0 saturated heterocycles. The van der Waals surface area contributed by atoms with E-state index in [1.54, 1.807) is 35.2 Å². The number of carbonyl (C=O) groups excluding carboxylic acids is 1. The summed E-state index contributed by atoms with van der Waals surface area (Å²) in [5.74, 6) is 0.0881. The number of nitrogens with zero attached hydrogens (tertiary/aromatic N) is 5. The summed E-state index contributed by atoms with van der Waals surface area (Å²) in [5, 5.41) is 17.7. The maximum Gasteiger partial charge on any atom is 0.293 e. The summed E-state index contributed by atoms with van der Waals surface area (Å²) >= 11 is 1.54. The summed E-state index contributed by atoms with van der Waals surface area (Å²) in [6, 6.07) is 7.64. The van der Waals surface area contributed by atoms with Gasteiger partial charge in [-0.1, -0.05) is 32.9 Å². The molecule has 0 fully saturated rings. The second-order valence-electron chi connectivity index (χ2n) is 10.2. The molecule has 37 heavy (non-hydrogen) atoms. The van der Waals surface area contributed by atoms with Gasteiger partial charge in [0.2, 0.25) is 0 Å². The number of hydrogen-bond acceptors (Lipinski definition) is 7. The number of aromatic nitrogens is 4. The van der Waals surface area contributed by atoms with E-state index in [4.69, 9.17) is 0 Å². The number of rotatable bonds is 6. The van der Waals surface area contributed by atoms with Gasteiger partial charge >= 0.3 is 0 Å². The zero-order valence-corrected chi connectivity index (χ0v) is 22.4. The molecule has 5 rings (SSSR count). The third-order valence-corrected chi connectivity index (χ3v) is 8.07. The summed E-state index contributed by atoms with van der Waals surface area (Å²) < 4.78 is 3.20. The monoisotopic (exact) mass is 518 g/mol. The van der Waals surface area contributed by atoms with E-state index < -0.39 is 0 Å². The van der Waals surface area contributed by atoms with Crippen LogP contribution in [0, 0.1) is 0 Å². The zero-order chi connectivity index (χ0) is 26.5. The van der Waals surface area contributed by atoms with E-state index in [1.165, 1.54) is 20.8 Å². The maximum atomic E-state index is 13.4. The molecule has 0 unspecified atom stereocenters. The molecule has 1 aliphatic rings. The number of aliphatic hydroxyl groups excluding tert-OH is 1. The Hall–Kier alpha value is -3.76. The first-order valence-electron chi connectivity index (χ1n) is 12.2. The number of anilines is 3. The van der Waals surface area contributed by atoms with Crippen LogP contribution in [0.4, 0.5) is 17.2 Å². The molecular formula is C27H30N6O3S. The van der Waals surface area contributed by atoms with E-state index >= 15 is 0 Å². The summed E-state index contributed by atoms with van der Waals surface area (Å²) in [5.41, 5.74) is 3.74. The summed E-state index contributed by atoms with van der Waals surface area (Å²) in [7, 11) is 1.66. The minimum Gasteiger partial charge on any atom is -0.392 e. The lowest BCUT2D eigenvalue weighted by Crippen LogP contribution is -2.25. The first-order valence-corrected chi connectivity index (χ1v) is 13.0. The Morgan fingerprint density at radius 1 is 1.19 bits per heavy atom. The SMILES string of the molecule is CCn1cc(Nc2nc(-c3cccc(N4Cc5cc(C(C)(C)C)sc5C4=O)c3CO)cn(C)c2=O)cn1. The average molecular weight is 519 g/mol. The number of benzene rings is 1. The van der Waals surface area contributed by atoms with Crippen molar-refractivity contribution in [3.63, 3.8) is 0 Å². The van der Waals surface area contributed by atoms with Crippen molar-refractivity contribution in [3.05, 3.63) is 74.1 Å². The number of aryl methyl sites for hydroxylation is 2. The predicted octanol–water partition coefficient (Wildman–Crippen LogP) is 4.42. The highest BCUT2D eigenvalue weighted by Gasteiger charge is 2.34. The van der Waals surface area contributed by atoms with Crippen LogP contribution in [-0.4, -0.2) is 30.3 Å². The second-order valence-corrected chi connectivity index (χ2v) is 11.2. The van der Waals surface area contributed by atoms with Gasteiger partial charge in [-0.05, 0) is 30.0 Å². The van der Waals surface area contributed by atoms with E-state index in [-0.39, 0.29) is 29.3 Å². The van der Waals surface area contributed by atoms with Crippen LogP contribution in [0.2, 0.25) is 0 Å². The van der Waals surface area contributed by atoms with Crippen molar-refractivity contribution in [1.82, 2.24) is 19.3 Å². The molecule has 1 aromatic carbocycles. The molecule has 0 saturated carbocycles. The van der Waals surface area contributed by atoms with E-state index in [2.05, 4.69) is 42.2 Å². The van der Waals surface area contributed by atoms with Crippen LogP contribution in [-0.2, 0) is 32.2 Å². The maximum absolute atomic E-state index is 13.4. The van der Waals surface area contributed by atoms with Crippen LogP contribution >= 0.6 is 11.3 Å². The lowest BCUT2D eigenvalue weighted by molar-refractivity contribution is 0.0999. The van der Waals surface area contributed by atoms with Crippen LogP contribution in [0.1, 0.15) is 53.4 Å². The van der Waals surface area contributed by atoms with Crippen LogP contribution in [0.15, 0.2) is 47.7 Å². The van der Waals surface area contributed by atoms with Gasteiger partial charge in [-0.3, -0.25) is 14.3 Å².